The maximum absolute atomic E-state index is 15.3. The molecule has 0 aliphatic carbocycles. The highest BCUT2D eigenvalue weighted by Crippen LogP contribution is 2.46. The lowest BCUT2D eigenvalue weighted by Crippen LogP contribution is -2.55. The lowest BCUT2D eigenvalue weighted by Gasteiger charge is -2.39. The van der Waals surface area contributed by atoms with Gasteiger partial charge in [-0.15, -0.1) is 0 Å². The molecule has 2 atom stereocenters. The molecule has 4 rings (SSSR count). The minimum absolute atomic E-state index is 0.123. The third-order valence-corrected chi connectivity index (χ3v) is 6.49. The average Bonchev–Trinajstić information content (AvgIpc) is 3.35. The van der Waals surface area contributed by atoms with Crippen molar-refractivity contribution < 1.29 is 31.8 Å². The van der Waals surface area contributed by atoms with Crippen LogP contribution in [0.15, 0.2) is 66.2 Å². The summed E-state index contributed by atoms with van der Waals surface area (Å²) in [7, 11) is 0.993. The van der Waals surface area contributed by atoms with E-state index in [-0.39, 0.29) is 10.8 Å². The monoisotopic (exact) mass is 510 g/mol. The predicted molar refractivity (Wildman–Crippen MR) is 121 cm³/mol. The van der Waals surface area contributed by atoms with E-state index >= 15 is 4.39 Å². The van der Waals surface area contributed by atoms with E-state index in [1.54, 1.807) is 24.3 Å². The highest BCUT2D eigenvalue weighted by Gasteiger charge is 2.60. The Hall–Kier alpha value is -3.38. The van der Waals surface area contributed by atoms with E-state index in [2.05, 4.69) is 20.3 Å². The van der Waals surface area contributed by atoms with E-state index in [0.717, 1.165) is 19.2 Å². The predicted octanol–water partition coefficient (Wildman–Crippen LogP) is 5.48. The summed E-state index contributed by atoms with van der Waals surface area (Å²) in [4.78, 5) is 10.7. The molecule has 2 aromatic carbocycles. The summed E-state index contributed by atoms with van der Waals surface area (Å²) >= 11 is 0.600. The molecule has 0 aliphatic heterocycles. The highest BCUT2D eigenvalue weighted by molar-refractivity contribution is 7.99. The molecule has 3 N–H and O–H groups in total. The van der Waals surface area contributed by atoms with Crippen molar-refractivity contribution in [3.05, 3.63) is 78.3 Å². The first kappa shape index (κ1) is 24.7. The van der Waals surface area contributed by atoms with Gasteiger partial charge in [0.15, 0.2) is 28.1 Å². The molecule has 2 heterocycles. The Morgan fingerprint density at radius 1 is 1.09 bits per heavy atom. The molecule has 0 fully saturated rings. The van der Waals surface area contributed by atoms with Crippen LogP contribution in [0.1, 0.15) is 11.6 Å². The average molecular weight is 510 g/mol. The number of aliphatic hydroxyl groups is 1. The number of aromatic nitrogens is 3. The summed E-state index contributed by atoms with van der Waals surface area (Å²) in [6, 6.07) is 7.42. The number of ether oxygens (including phenoxy) is 1. The minimum Gasteiger partial charge on any atom is -0.491 e. The molecule has 184 valence electrons. The van der Waals surface area contributed by atoms with Gasteiger partial charge in [-0.2, -0.15) is 13.2 Å². The van der Waals surface area contributed by atoms with Crippen LogP contribution in [0, 0.1) is 11.6 Å². The summed E-state index contributed by atoms with van der Waals surface area (Å²) in [6.07, 6.45) is -0.960. The molecule has 0 spiro atoms. The topological polar surface area (TPSA) is 83.1 Å². The van der Waals surface area contributed by atoms with Crippen molar-refractivity contribution >= 4 is 28.4 Å². The summed E-state index contributed by atoms with van der Waals surface area (Å²) in [5.41, 5.74) is -3.54. The van der Waals surface area contributed by atoms with Gasteiger partial charge < -0.3 is 20.1 Å². The molecule has 0 radical (unpaired) electrons. The summed E-state index contributed by atoms with van der Waals surface area (Å²) < 4.78 is 77.7. The number of aromatic amines is 1. The molecule has 0 aliphatic rings. The number of hydrogen-bond donors (Lipinski definition) is 3. The molecule has 0 saturated heterocycles. The number of thioether (sulfide) groups is 1. The van der Waals surface area contributed by atoms with Crippen LogP contribution >= 0.6 is 11.8 Å². The number of alkyl halides is 3. The molecule has 2 unspecified atom stereocenters. The van der Waals surface area contributed by atoms with E-state index in [0.29, 0.717) is 22.7 Å². The zero-order chi connectivity index (χ0) is 25.2. The van der Waals surface area contributed by atoms with Crippen molar-refractivity contribution in [2.45, 2.75) is 23.0 Å². The molecule has 2 aromatic heterocycles. The Morgan fingerprint density at radius 3 is 2.57 bits per heavy atom. The van der Waals surface area contributed by atoms with Crippen molar-refractivity contribution in [2.75, 3.05) is 18.2 Å². The standard InChI is InChI=1S/C23H19F5N4O2S/c1-34-19-15(24)8-7-14(18(19)25)20(32-17-6-2-5-16-13(17)4-3-9-29-16)22(33,23(26,27)28)12-35-21-30-10-11-31-21/h2-11,20,32-33H,12H2,1H3,(H,30,31). The third kappa shape index (κ3) is 4.76. The molecule has 0 bridgehead atoms. The van der Waals surface area contributed by atoms with Crippen LogP contribution < -0.4 is 10.1 Å². The second-order valence-electron chi connectivity index (χ2n) is 7.54. The molecule has 35 heavy (non-hydrogen) atoms. The number of rotatable bonds is 8. The van der Waals surface area contributed by atoms with Crippen molar-refractivity contribution in [1.82, 2.24) is 15.0 Å². The quantitative estimate of drug-likeness (QED) is 0.215. The fourth-order valence-corrected chi connectivity index (χ4v) is 4.61. The summed E-state index contributed by atoms with van der Waals surface area (Å²) in [5.74, 6) is -4.28. The summed E-state index contributed by atoms with van der Waals surface area (Å²) in [6.45, 7) is 0. The number of nitrogens with one attached hydrogen (secondary N) is 2. The fraction of sp³-hybridized carbons (Fsp3) is 0.217. The van der Waals surface area contributed by atoms with Crippen LogP contribution in [-0.2, 0) is 0 Å². The van der Waals surface area contributed by atoms with Gasteiger partial charge in [-0.25, -0.2) is 13.8 Å². The van der Waals surface area contributed by atoms with Gasteiger partial charge in [0.25, 0.3) is 0 Å². The van der Waals surface area contributed by atoms with Crippen LogP contribution in [0.3, 0.4) is 0 Å². The number of halogens is 5. The van der Waals surface area contributed by atoms with Crippen molar-refractivity contribution in [2.24, 2.45) is 0 Å². The smallest absolute Gasteiger partial charge is 0.420 e. The van der Waals surface area contributed by atoms with Crippen LogP contribution in [-0.4, -0.2) is 44.7 Å². The Bertz CT molecular complexity index is 1310. The van der Waals surface area contributed by atoms with Gasteiger partial charge in [0, 0.05) is 41.0 Å². The van der Waals surface area contributed by atoms with Crippen molar-refractivity contribution in [1.29, 1.82) is 0 Å². The number of fused-ring (bicyclic) bond motifs is 1. The first-order chi connectivity index (χ1) is 16.7. The van der Waals surface area contributed by atoms with Gasteiger partial charge in [-0.05, 0) is 30.3 Å². The number of methoxy groups -OCH3 is 1. The Kier molecular flexibility index (Phi) is 6.86. The number of pyridine rings is 1. The van der Waals surface area contributed by atoms with Gasteiger partial charge in [0.1, 0.15) is 0 Å². The highest BCUT2D eigenvalue weighted by atomic mass is 32.2. The first-order valence-electron chi connectivity index (χ1n) is 10.2. The Labute approximate surface area is 200 Å². The van der Waals surface area contributed by atoms with Crippen molar-refractivity contribution in [3.8, 4) is 5.75 Å². The van der Waals surface area contributed by atoms with Crippen LogP contribution in [0.4, 0.5) is 27.6 Å². The lowest BCUT2D eigenvalue weighted by molar-refractivity contribution is -0.256. The van der Waals surface area contributed by atoms with Crippen LogP contribution in [0.25, 0.3) is 10.9 Å². The molecule has 0 amide bonds. The van der Waals surface area contributed by atoms with Gasteiger partial charge >= 0.3 is 6.18 Å². The van der Waals surface area contributed by atoms with Gasteiger partial charge in [0.2, 0.25) is 0 Å². The Morgan fingerprint density at radius 2 is 1.89 bits per heavy atom. The number of benzene rings is 2. The normalized spacial score (nSPS) is 14.5. The van der Waals surface area contributed by atoms with E-state index < -0.39 is 46.5 Å². The second-order valence-corrected chi connectivity index (χ2v) is 8.51. The maximum atomic E-state index is 15.3. The van der Waals surface area contributed by atoms with E-state index in [4.69, 9.17) is 4.74 Å². The van der Waals surface area contributed by atoms with Gasteiger partial charge in [-0.1, -0.05) is 23.9 Å². The number of anilines is 1. The second kappa shape index (κ2) is 9.70. The number of imidazole rings is 1. The van der Waals surface area contributed by atoms with Gasteiger partial charge in [-0.3, -0.25) is 4.98 Å². The van der Waals surface area contributed by atoms with Gasteiger partial charge in [0.05, 0.1) is 18.7 Å². The zero-order valence-corrected chi connectivity index (χ0v) is 18.9. The molecule has 6 nitrogen and oxygen atoms in total. The van der Waals surface area contributed by atoms with Crippen molar-refractivity contribution in [3.63, 3.8) is 0 Å². The van der Waals surface area contributed by atoms with Crippen LogP contribution in [0.2, 0.25) is 0 Å². The largest absolute Gasteiger partial charge is 0.491 e. The number of hydrogen-bond acceptors (Lipinski definition) is 6. The van der Waals surface area contributed by atoms with E-state index in [9.17, 15) is 22.7 Å². The zero-order valence-electron chi connectivity index (χ0n) is 18.1. The minimum atomic E-state index is -5.23. The molecular formula is C23H19F5N4O2S. The summed E-state index contributed by atoms with van der Waals surface area (Å²) in [5, 5.41) is 14.4. The fourth-order valence-electron chi connectivity index (χ4n) is 3.63. The number of nitrogens with zero attached hydrogens (tertiary/aromatic N) is 2. The molecule has 4 aromatic rings. The molecule has 0 saturated carbocycles. The van der Waals surface area contributed by atoms with Crippen LogP contribution in [0.5, 0.6) is 5.75 Å². The molecular weight excluding hydrogens is 491 g/mol. The van der Waals surface area contributed by atoms with E-state index in [1.807, 2.05) is 0 Å². The SMILES string of the molecule is COc1c(F)ccc(C(Nc2cccc3ncccc23)C(O)(CSc2ncc[nH]2)C(F)(F)F)c1F. The number of H-pyrrole nitrogens is 1. The first-order valence-corrected chi connectivity index (χ1v) is 11.2. The lowest BCUT2D eigenvalue weighted by atomic mass is 9.88. The Balaban J connectivity index is 1.88. The van der Waals surface area contributed by atoms with E-state index in [1.165, 1.54) is 24.7 Å². The third-order valence-electron chi connectivity index (χ3n) is 5.41. The molecule has 12 heteroatoms. The maximum Gasteiger partial charge on any atom is 0.420 e.